The lowest BCUT2D eigenvalue weighted by Gasteiger charge is -2.11. The number of hydrogen-bond acceptors (Lipinski definition) is 3. The summed E-state index contributed by atoms with van der Waals surface area (Å²) in [6.45, 7) is 2.03. The molecule has 0 atom stereocenters. The number of halogens is 2. The molecule has 1 heterocycles. The van der Waals surface area contributed by atoms with Crippen LogP contribution in [0.3, 0.4) is 0 Å². The second-order valence-corrected chi connectivity index (χ2v) is 6.09. The van der Waals surface area contributed by atoms with Crippen molar-refractivity contribution in [2.24, 2.45) is 0 Å². The van der Waals surface area contributed by atoms with Gasteiger partial charge in [-0.25, -0.2) is 4.39 Å². The first kappa shape index (κ1) is 17.9. The number of rotatable bonds is 5. The van der Waals surface area contributed by atoms with E-state index in [1.54, 1.807) is 18.3 Å². The fraction of sp³-hybridized carbons (Fsp3) is 0.100. The molecule has 0 fully saturated rings. The summed E-state index contributed by atoms with van der Waals surface area (Å²) < 4.78 is 13.3. The molecule has 0 aliphatic carbocycles. The molecule has 26 heavy (non-hydrogen) atoms. The number of amides is 1. The molecule has 4 nitrogen and oxygen atoms in total. The Morgan fingerprint density at radius 2 is 1.92 bits per heavy atom. The van der Waals surface area contributed by atoms with Crippen molar-refractivity contribution in [1.82, 2.24) is 4.98 Å². The largest absolute Gasteiger partial charge is 0.354 e. The minimum Gasteiger partial charge on any atom is -0.354 e. The van der Waals surface area contributed by atoms with E-state index in [1.807, 2.05) is 31.2 Å². The molecular formula is C20H17ClFN3O. The van der Waals surface area contributed by atoms with Crippen LogP contribution >= 0.6 is 11.6 Å². The zero-order chi connectivity index (χ0) is 18.5. The van der Waals surface area contributed by atoms with Gasteiger partial charge in [0.15, 0.2) is 0 Å². The Hall–Kier alpha value is -2.92. The van der Waals surface area contributed by atoms with Gasteiger partial charge in [-0.2, -0.15) is 0 Å². The van der Waals surface area contributed by atoms with Gasteiger partial charge in [-0.3, -0.25) is 9.78 Å². The summed E-state index contributed by atoms with van der Waals surface area (Å²) in [5, 5.41) is 5.99. The predicted molar refractivity (Wildman–Crippen MR) is 103 cm³/mol. The first-order valence-corrected chi connectivity index (χ1v) is 8.51. The van der Waals surface area contributed by atoms with Crippen LogP contribution < -0.4 is 10.6 Å². The molecular weight excluding hydrogens is 353 g/mol. The molecule has 0 saturated carbocycles. The highest BCUT2D eigenvalue weighted by atomic mass is 35.5. The van der Waals surface area contributed by atoms with Gasteiger partial charge < -0.3 is 10.6 Å². The Labute approximate surface area is 156 Å². The molecule has 0 unspecified atom stereocenters. The highest BCUT2D eigenvalue weighted by Crippen LogP contribution is 2.23. The summed E-state index contributed by atoms with van der Waals surface area (Å²) in [4.78, 5) is 16.6. The third kappa shape index (κ3) is 4.18. The fourth-order valence-corrected chi connectivity index (χ4v) is 2.70. The summed E-state index contributed by atoms with van der Waals surface area (Å²) in [5.41, 5.74) is 3.46. The van der Waals surface area contributed by atoms with Crippen molar-refractivity contribution in [2.75, 3.05) is 10.6 Å². The second-order valence-electron chi connectivity index (χ2n) is 5.68. The smallest absolute Gasteiger partial charge is 0.257 e. The van der Waals surface area contributed by atoms with Gasteiger partial charge in [0.1, 0.15) is 5.82 Å². The summed E-state index contributed by atoms with van der Waals surface area (Å²) in [7, 11) is 0. The Bertz CT molecular complexity index is 946. The Balaban J connectivity index is 1.78. The fourth-order valence-electron chi connectivity index (χ4n) is 2.52. The Kier molecular flexibility index (Phi) is 5.49. The number of benzene rings is 2. The number of hydrogen-bond donors (Lipinski definition) is 2. The van der Waals surface area contributed by atoms with Crippen molar-refractivity contribution in [3.63, 3.8) is 0 Å². The van der Waals surface area contributed by atoms with E-state index in [-0.39, 0.29) is 10.9 Å². The maximum atomic E-state index is 13.3. The number of nitrogens with one attached hydrogen (secondary N) is 2. The van der Waals surface area contributed by atoms with E-state index in [1.165, 1.54) is 18.3 Å². The summed E-state index contributed by atoms with van der Waals surface area (Å²) in [5.74, 6) is -0.739. The van der Waals surface area contributed by atoms with Gasteiger partial charge in [-0.05, 0) is 42.3 Å². The normalized spacial score (nSPS) is 10.4. The van der Waals surface area contributed by atoms with Crippen molar-refractivity contribution >= 4 is 34.6 Å². The maximum absolute atomic E-state index is 13.3. The third-order valence-corrected chi connectivity index (χ3v) is 4.14. The van der Waals surface area contributed by atoms with E-state index in [4.69, 9.17) is 11.6 Å². The second kappa shape index (κ2) is 7.97. The summed E-state index contributed by atoms with van der Waals surface area (Å²) in [6.07, 6.45) is 3.89. The van der Waals surface area contributed by atoms with Crippen molar-refractivity contribution in [3.05, 3.63) is 82.9 Å². The average molecular weight is 370 g/mol. The molecule has 1 amide bonds. The number of carbonyl (C=O) groups is 1. The molecule has 0 spiro atoms. The van der Waals surface area contributed by atoms with Crippen LogP contribution in [0.2, 0.25) is 5.02 Å². The van der Waals surface area contributed by atoms with Gasteiger partial charge in [0.2, 0.25) is 0 Å². The number of para-hydroxylation sites is 1. The molecule has 6 heteroatoms. The summed E-state index contributed by atoms with van der Waals surface area (Å²) in [6, 6.07) is 13.6. The molecule has 0 saturated heterocycles. The first-order valence-electron chi connectivity index (χ1n) is 8.13. The summed E-state index contributed by atoms with van der Waals surface area (Å²) >= 11 is 5.79. The lowest BCUT2D eigenvalue weighted by Crippen LogP contribution is -2.13. The topological polar surface area (TPSA) is 54.0 Å². The Morgan fingerprint density at radius 3 is 2.69 bits per heavy atom. The van der Waals surface area contributed by atoms with Crippen LogP contribution in [0, 0.1) is 5.82 Å². The van der Waals surface area contributed by atoms with Gasteiger partial charge in [0.05, 0.1) is 22.5 Å². The van der Waals surface area contributed by atoms with Crippen LogP contribution in [0.15, 0.2) is 60.9 Å². The predicted octanol–water partition coefficient (Wildman–Crippen LogP) is 5.43. The van der Waals surface area contributed by atoms with Crippen LogP contribution in [-0.4, -0.2) is 10.9 Å². The van der Waals surface area contributed by atoms with Crippen LogP contribution in [-0.2, 0) is 6.42 Å². The van der Waals surface area contributed by atoms with Gasteiger partial charge in [-0.15, -0.1) is 0 Å². The van der Waals surface area contributed by atoms with Crippen LogP contribution in [0.5, 0.6) is 0 Å². The molecule has 0 aliphatic rings. The molecule has 132 valence electrons. The zero-order valence-corrected chi connectivity index (χ0v) is 14.8. The average Bonchev–Trinajstić information content (AvgIpc) is 2.65. The number of nitrogens with zero attached hydrogens (tertiary/aromatic N) is 1. The highest BCUT2D eigenvalue weighted by molar-refractivity contribution is 6.31. The number of aromatic nitrogens is 1. The first-order chi connectivity index (χ1) is 12.6. The maximum Gasteiger partial charge on any atom is 0.257 e. The minimum absolute atomic E-state index is 0.0213. The highest BCUT2D eigenvalue weighted by Gasteiger charge is 2.10. The SMILES string of the molecule is CCc1ccccc1NC(=O)c1cncc(Nc2ccc(F)c(Cl)c2)c1. The van der Waals surface area contributed by atoms with Crippen molar-refractivity contribution in [1.29, 1.82) is 0 Å². The van der Waals surface area contributed by atoms with Gasteiger partial charge in [0, 0.05) is 17.6 Å². The van der Waals surface area contributed by atoms with Crippen LogP contribution in [0.1, 0.15) is 22.8 Å². The lowest BCUT2D eigenvalue weighted by atomic mass is 10.1. The molecule has 3 aromatic rings. The monoisotopic (exact) mass is 369 g/mol. The van der Waals surface area contributed by atoms with Crippen LogP contribution in [0.4, 0.5) is 21.5 Å². The molecule has 3 rings (SSSR count). The minimum atomic E-state index is -0.488. The molecule has 0 bridgehead atoms. The van der Waals surface area contributed by atoms with E-state index >= 15 is 0 Å². The van der Waals surface area contributed by atoms with Gasteiger partial charge in [-0.1, -0.05) is 36.7 Å². The van der Waals surface area contributed by atoms with E-state index in [0.717, 1.165) is 17.7 Å². The van der Waals surface area contributed by atoms with E-state index < -0.39 is 5.82 Å². The molecule has 2 aromatic carbocycles. The van der Waals surface area contributed by atoms with Crippen molar-refractivity contribution in [2.45, 2.75) is 13.3 Å². The van der Waals surface area contributed by atoms with E-state index in [2.05, 4.69) is 15.6 Å². The Morgan fingerprint density at radius 1 is 1.12 bits per heavy atom. The third-order valence-electron chi connectivity index (χ3n) is 3.86. The van der Waals surface area contributed by atoms with E-state index in [9.17, 15) is 9.18 Å². The van der Waals surface area contributed by atoms with E-state index in [0.29, 0.717) is 16.9 Å². The number of anilines is 3. The molecule has 1 aromatic heterocycles. The molecule has 0 aliphatic heterocycles. The van der Waals surface area contributed by atoms with Gasteiger partial charge in [0.25, 0.3) is 5.91 Å². The zero-order valence-electron chi connectivity index (χ0n) is 14.1. The lowest BCUT2D eigenvalue weighted by molar-refractivity contribution is 0.102. The van der Waals surface area contributed by atoms with Crippen molar-refractivity contribution < 1.29 is 9.18 Å². The van der Waals surface area contributed by atoms with Crippen molar-refractivity contribution in [3.8, 4) is 0 Å². The number of carbonyl (C=O) groups excluding carboxylic acids is 1. The molecule has 0 radical (unpaired) electrons. The number of pyridine rings is 1. The number of aryl methyl sites for hydroxylation is 1. The standard InChI is InChI=1S/C20H17ClFN3O/c1-2-13-5-3-4-6-19(13)25-20(26)14-9-16(12-23-11-14)24-15-7-8-18(22)17(21)10-15/h3-12,24H,2H2,1H3,(H,25,26). The quantitative estimate of drug-likeness (QED) is 0.630. The van der Waals surface area contributed by atoms with Gasteiger partial charge >= 0.3 is 0 Å². The van der Waals surface area contributed by atoms with Crippen LogP contribution in [0.25, 0.3) is 0 Å². The molecule has 2 N–H and O–H groups in total.